The van der Waals surface area contributed by atoms with E-state index in [-0.39, 0.29) is 5.91 Å². The fourth-order valence-corrected chi connectivity index (χ4v) is 5.73. The summed E-state index contributed by atoms with van der Waals surface area (Å²) in [7, 11) is 2.00. The fraction of sp³-hybridized carbons (Fsp3) is 0.242. The van der Waals surface area contributed by atoms with E-state index in [1.807, 2.05) is 72.6 Å². The summed E-state index contributed by atoms with van der Waals surface area (Å²) in [5.74, 6) is 1.56. The Morgan fingerprint density at radius 3 is 2.29 bits per heavy atom. The van der Waals surface area contributed by atoms with Gasteiger partial charge in [0.15, 0.2) is 5.16 Å². The molecule has 0 unspecified atom stereocenters. The lowest BCUT2D eigenvalue weighted by atomic mass is 10.1. The Labute approximate surface area is 251 Å². The Morgan fingerprint density at radius 1 is 0.902 bits per heavy atom. The molecular formula is C33H34ClN5OS. The fourth-order valence-electron chi connectivity index (χ4n) is 4.69. The van der Waals surface area contributed by atoms with Crippen LogP contribution in [0, 0.1) is 0 Å². The standard InChI is InChI=1S/C33H34ClN5OS/c1-37(24-27-11-6-3-7-12-27)31-23-30(34)35-33(36-31)41-25-28-14-16-29(17-15-28)32(40)39-21-19-38(20-22-39)18-8-13-26-9-4-2-5-10-26/h2-17,23H,18-22,24-25H2,1H3/b13-8+. The number of amides is 1. The Morgan fingerprint density at radius 2 is 1.59 bits per heavy atom. The van der Waals surface area contributed by atoms with Crippen LogP contribution in [-0.4, -0.2) is 65.4 Å². The van der Waals surface area contributed by atoms with Crippen LogP contribution in [0.2, 0.25) is 5.15 Å². The van der Waals surface area contributed by atoms with Crippen LogP contribution in [0.15, 0.2) is 102 Å². The van der Waals surface area contributed by atoms with Crippen molar-refractivity contribution in [3.63, 3.8) is 0 Å². The van der Waals surface area contributed by atoms with Crippen LogP contribution in [-0.2, 0) is 12.3 Å². The zero-order valence-corrected chi connectivity index (χ0v) is 24.8. The second-order valence-electron chi connectivity index (χ2n) is 10.1. The van der Waals surface area contributed by atoms with E-state index in [9.17, 15) is 4.79 Å². The van der Waals surface area contributed by atoms with Crippen molar-refractivity contribution in [2.45, 2.75) is 17.5 Å². The number of thioether (sulfide) groups is 1. The third-order valence-corrected chi connectivity index (χ3v) is 8.13. The van der Waals surface area contributed by atoms with E-state index in [0.29, 0.717) is 16.1 Å². The lowest BCUT2D eigenvalue weighted by molar-refractivity contribution is 0.0650. The van der Waals surface area contributed by atoms with Gasteiger partial charge < -0.3 is 9.80 Å². The van der Waals surface area contributed by atoms with Crippen LogP contribution in [0.3, 0.4) is 0 Å². The molecule has 0 aliphatic carbocycles. The molecule has 6 nitrogen and oxygen atoms in total. The predicted octanol–water partition coefficient (Wildman–Crippen LogP) is 6.53. The summed E-state index contributed by atoms with van der Waals surface area (Å²) in [6, 6.07) is 30.2. The maximum atomic E-state index is 13.1. The van der Waals surface area contributed by atoms with Crippen molar-refractivity contribution in [1.29, 1.82) is 0 Å². The molecule has 1 aliphatic rings. The number of hydrogen-bond acceptors (Lipinski definition) is 6. The molecule has 0 atom stereocenters. The summed E-state index contributed by atoms with van der Waals surface area (Å²) < 4.78 is 0. The van der Waals surface area contributed by atoms with E-state index < -0.39 is 0 Å². The zero-order chi connectivity index (χ0) is 28.4. The number of carbonyl (C=O) groups is 1. The molecule has 210 valence electrons. The minimum atomic E-state index is 0.0907. The Kier molecular flexibility index (Phi) is 10.1. The number of rotatable bonds is 10. The molecule has 3 aromatic carbocycles. The van der Waals surface area contributed by atoms with Gasteiger partial charge in [-0.1, -0.05) is 108 Å². The summed E-state index contributed by atoms with van der Waals surface area (Å²) in [6.07, 6.45) is 4.35. The molecule has 1 fully saturated rings. The number of benzene rings is 3. The van der Waals surface area contributed by atoms with Crippen molar-refractivity contribution >= 4 is 41.2 Å². The first-order chi connectivity index (χ1) is 20.0. The maximum Gasteiger partial charge on any atom is 0.253 e. The van der Waals surface area contributed by atoms with Crippen molar-refractivity contribution in [2.75, 3.05) is 44.7 Å². The minimum absolute atomic E-state index is 0.0907. The van der Waals surface area contributed by atoms with Gasteiger partial charge in [0.05, 0.1) is 0 Å². The summed E-state index contributed by atoms with van der Waals surface area (Å²) >= 11 is 7.86. The first kappa shape index (κ1) is 28.9. The molecule has 41 heavy (non-hydrogen) atoms. The lowest BCUT2D eigenvalue weighted by Crippen LogP contribution is -2.48. The quantitative estimate of drug-likeness (QED) is 0.120. The first-order valence-corrected chi connectivity index (χ1v) is 15.1. The van der Waals surface area contributed by atoms with Crippen LogP contribution >= 0.6 is 23.4 Å². The normalized spacial score (nSPS) is 14.0. The maximum absolute atomic E-state index is 13.1. The lowest BCUT2D eigenvalue weighted by Gasteiger charge is -2.34. The highest BCUT2D eigenvalue weighted by Gasteiger charge is 2.21. The molecule has 0 spiro atoms. The average Bonchev–Trinajstić information content (AvgIpc) is 3.01. The molecule has 0 N–H and O–H groups in total. The summed E-state index contributed by atoms with van der Waals surface area (Å²) in [4.78, 5) is 28.6. The monoisotopic (exact) mass is 583 g/mol. The molecule has 2 heterocycles. The third-order valence-electron chi connectivity index (χ3n) is 7.02. The van der Waals surface area contributed by atoms with Gasteiger partial charge in [-0.25, -0.2) is 9.97 Å². The first-order valence-electron chi connectivity index (χ1n) is 13.8. The Balaban J connectivity index is 1.10. The molecular weight excluding hydrogens is 550 g/mol. The van der Waals surface area contributed by atoms with Gasteiger partial charge in [0.1, 0.15) is 11.0 Å². The van der Waals surface area contributed by atoms with Crippen LogP contribution in [0.5, 0.6) is 0 Å². The van der Waals surface area contributed by atoms with E-state index >= 15 is 0 Å². The number of piperazine rings is 1. The van der Waals surface area contributed by atoms with Gasteiger partial charge >= 0.3 is 0 Å². The topological polar surface area (TPSA) is 52.6 Å². The van der Waals surface area contributed by atoms with Crippen molar-refractivity contribution in [1.82, 2.24) is 19.8 Å². The molecule has 4 aromatic rings. The highest BCUT2D eigenvalue weighted by Crippen LogP contribution is 2.25. The van der Waals surface area contributed by atoms with Gasteiger partial charge in [-0.05, 0) is 28.8 Å². The van der Waals surface area contributed by atoms with Crippen LogP contribution in [0.1, 0.15) is 27.0 Å². The van der Waals surface area contributed by atoms with Gasteiger partial charge in [0.25, 0.3) is 5.91 Å². The highest BCUT2D eigenvalue weighted by molar-refractivity contribution is 7.98. The van der Waals surface area contributed by atoms with E-state index in [2.05, 4.69) is 51.2 Å². The van der Waals surface area contributed by atoms with Gasteiger partial charge in [0, 0.05) is 63.7 Å². The molecule has 5 rings (SSSR count). The number of hydrogen-bond donors (Lipinski definition) is 0. The summed E-state index contributed by atoms with van der Waals surface area (Å²) in [6.45, 7) is 4.85. The Hall–Kier alpha value is -3.65. The van der Waals surface area contributed by atoms with Crippen LogP contribution in [0.25, 0.3) is 6.08 Å². The van der Waals surface area contributed by atoms with E-state index in [1.54, 1.807) is 6.07 Å². The molecule has 1 amide bonds. The SMILES string of the molecule is CN(Cc1ccccc1)c1cc(Cl)nc(SCc2ccc(C(=O)N3CCN(C/C=C/c4ccccc4)CC3)cc2)n1. The molecule has 8 heteroatoms. The van der Waals surface area contributed by atoms with Crippen molar-refractivity contribution < 1.29 is 4.79 Å². The van der Waals surface area contributed by atoms with Crippen LogP contribution in [0.4, 0.5) is 5.82 Å². The number of nitrogens with zero attached hydrogens (tertiary/aromatic N) is 5. The number of aromatic nitrogens is 2. The van der Waals surface area contributed by atoms with Crippen molar-refractivity contribution in [2.24, 2.45) is 0 Å². The van der Waals surface area contributed by atoms with Crippen LogP contribution < -0.4 is 4.90 Å². The summed E-state index contributed by atoms with van der Waals surface area (Å²) in [5.41, 5.74) is 4.23. The van der Waals surface area contributed by atoms with Gasteiger partial charge in [0.2, 0.25) is 0 Å². The number of halogens is 1. The third kappa shape index (κ3) is 8.43. The Bertz CT molecular complexity index is 1440. The largest absolute Gasteiger partial charge is 0.355 e. The molecule has 1 aliphatic heterocycles. The number of carbonyl (C=O) groups excluding carboxylic acids is 1. The van der Waals surface area contributed by atoms with Gasteiger partial charge in [-0.2, -0.15) is 0 Å². The smallest absolute Gasteiger partial charge is 0.253 e. The molecule has 0 bridgehead atoms. The van der Waals surface area contributed by atoms with Gasteiger partial charge in [-0.15, -0.1) is 0 Å². The second kappa shape index (κ2) is 14.3. The van der Waals surface area contributed by atoms with E-state index in [4.69, 9.17) is 16.6 Å². The minimum Gasteiger partial charge on any atom is -0.355 e. The molecule has 1 saturated heterocycles. The zero-order valence-electron chi connectivity index (χ0n) is 23.2. The highest BCUT2D eigenvalue weighted by atomic mass is 35.5. The van der Waals surface area contributed by atoms with Crippen molar-refractivity contribution in [3.8, 4) is 0 Å². The molecule has 1 aromatic heterocycles. The average molecular weight is 584 g/mol. The molecule has 0 radical (unpaired) electrons. The second-order valence-corrected chi connectivity index (χ2v) is 11.4. The molecule has 0 saturated carbocycles. The predicted molar refractivity (Wildman–Crippen MR) is 169 cm³/mol. The van der Waals surface area contributed by atoms with Crippen molar-refractivity contribution in [3.05, 3.63) is 124 Å². The van der Waals surface area contributed by atoms with Gasteiger partial charge in [-0.3, -0.25) is 9.69 Å². The summed E-state index contributed by atoms with van der Waals surface area (Å²) in [5, 5.41) is 1.05. The van der Waals surface area contributed by atoms with E-state index in [0.717, 1.165) is 56.2 Å². The number of anilines is 1. The van der Waals surface area contributed by atoms with E-state index in [1.165, 1.54) is 22.9 Å².